The van der Waals surface area contributed by atoms with E-state index >= 15 is 0 Å². The number of hydrogen-bond donors (Lipinski definition) is 1. The number of hydrogen-bond acceptors (Lipinski definition) is 3. The van der Waals surface area contributed by atoms with Crippen molar-refractivity contribution < 1.29 is 13.9 Å². The molecular formula is C17H21NO3. The van der Waals surface area contributed by atoms with E-state index in [0.717, 1.165) is 11.3 Å². The van der Waals surface area contributed by atoms with Gasteiger partial charge in [-0.15, -0.1) is 0 Å². The molecule has 0 aliphatic carbocycles. The smallest absolute Gasteiger partial charge is 0.255 e. The van der Waals surface area contributed by atoms with Crippen LogP contribution in [0.25, 0.3) is 0 Å². The van der Waals surface area contributed by atoms with Gasteiger partial charge in [0.15, 0.2) is 0 Å². The Morgan fingerprint density at radius 1 is 1.14 bits per heavy atom. The van der Waals surface area contributed by atoms with Crippen LogP contribution in [0.1, 0.15) is 48.5 Å². The molecule has 0 radical (unpaired) electrons. The van der Waals surface area contributed by atoms with E-state index in [-0.39, 0.29) is 18.1 Å². The minimum absolute atomic E-state index is 0.0834. The van der Waals surface area contributed by atoms with Crippen molar-refractivity contribution in [2.75, 3.05) is 0 Å². The van der Waals surface area contributed by atoms with E-state index in [1.165, 1.54) is 6.26 Å². The van der Waals surface area contributed by atoms with Crippen LogP contribution in [-0.4, -0.2) is 12.0 Å². The Morgan fingerprint density at radius 2 is 1.81 bits per heavy atom. The van der Waals surface area contributed by atoms with Gasteiger partial charge in [0.2, 0.25) is 0 Å². The Morgan fingerprint density at radius 3 is 2.33 bits per heavy atom. The lowest BCUT2D eigenvalue weighted by molar-refractivity contribution is 0.0938. The zero-order valence-corrected chi connectivity index (χ0v) is 12.8. The molecule has 0 fully saturated rings. The number of rotatable bonds is 5. The third-order valence-corrected chi connectivity index (χ3v) is 3.20. The van der Waals surface area contributed by atoms with Gasteiger partial charge in [0.05, 0.1) is 24.0 Å². The van der Waals surface area contributed by atoms with Crippen LogP contribution in [0.5, 0.6) is 5.75 Å². The van der Waals surface area contributed by atoms with E-state index in [9.17, 15) is 4.79 Å². The molecule has 1 aromatic heterocycles. The number of ether oxygens (including phenoxy) is 1. The molecule has 1 heterocycles. The third-order valence-electron chi connectivity index (χ3n) is 3.20. The van der Waals surface area contributed by atoms with Crippen LogP contribution >= 0.6 is 0 Å². The molecule has 2 rings (SSSR count). The van der Waals surface area contributed by atoms with Crippen LogP contribution in [0, 0.1) is 6.92 Å². The lowest BCUT2D eigenvalue weighted by Crippen LogP contribution is -2.26. The molecule has 1 unspecified atom stereocenters. The lowest BCUT2D eigenvalue weighted by Gasteiger charge is -2.15. The Kier molecular flexibility index (Phi) is 4.68. The highest BCUT2D eigenvalue weighted by atomic mass is 16.5. The van der Waals surface area contributed by atoms with Gasteiger partial charge in [0, 0.05) is 0 Å². The van der Waals surface area contributed by atoms with Gasteiger partial charge >= 0.3 is 0 Å². The van der Waals surface area contributed by atoms with Crippen LogP contribution in [0.2, 0.25) is 0 Å². The molecule has 0 aliphatic heterocycles. The molecule has 1 amide bonds. The first-order chi connectivity index (χ1) is 9.97. The topological polar surface area (TPSA) is 51.5 Å². The van der Waals surface area contributed by atoms with Crippen LogP contribution in [0.4, 0.5) is 0 Å². The van der Waals surface area contributed by atoms with Crippen molar-refractivity contribution in [2.45, 2.75) is 39.8 Å². The second kappa shape index (κ2) is 6.48. The van der Waals surface area contributed by atoms with E-state index < -0.39 is 0 Å². The van der Waals surface area contributed by atoms with Gasteiger partial charge in [-0.25, -0.2) is 0 Å². The van der Waals surface area contributed by atoms with E-state index in [1.807, 2.05) is 45.0 Å². The van der Waals surface area contributed by atoms with E-state index in [4.69, 9.17) is 9.15 Å². The van der Waals surface area contributed by atoms with Crippen LogP contribution in [0.15, 0.2) is 41.0 Å². The number of amides is 1. The SMILES string of the molecule is Cc1occc1C(=O)NC(C)c1ccc(OC(C)C)cc1. The van der Waals surface area contributed by atoms with Crippen molar-refractivity contribution in [3.05, 3.63) is 53.5 Å². The largest absolute Gasteiger partial charge is 0.491 e. The first kappa shape index (κ1) is 15.2. The van der Waals surface area contributed by atoms with E-state index in [0.29, 0.717) is 11.3 Å². The monoisotopic (exact) mass is 287 g/mol. The Labute approximate surface area is 125 Å². The van der Waals surface area contributed by atoms with Crippen molar-refractivity contribution >= 4 is 5.91 Å². The fourth-order valence-corrected chi connectivity index (χ4v) is 2.09. The number of aryl methyl sites for hydroxylation is 1. The molecule has 0 spiro atoms. The van der Waals surface area contributed by atoms with Gasteiger partial charge in [0.25, 0.3) is 5.91 Å². The molecule has 2 aromatic rings. The molecule has 1 N–H and O–H groups in total. The highest BCUT2D eigenvalue weighted by Gasteiger charge is 2.15. The summed E-state index contributed by atoms with van der Waals surface area (Å²) in [5.74, 6) is 1.33. The number of furan rings is 1. The van der Waals surface area contributed by atoms with Gasteiger partial charge < -0.3 is 14.5 Å². The highest BCUT2D eigenvalue weighted by molar-refractivity contribution is 5.95. The quantitative estimate of drug-likeness (QED) is 0.908. The number of carbonyl (C=O) groups excluding carboxylic acids is 1. The average molecular weight is 287 g/mol. The number of benzene rings is 1. The van der Waals surface area contributed by atoms with Gasteiger partial charge in [-0.1, -0.05) is 12.1 Å². The summed E-state index contributed by atoms with van der Waals surface area (Å²) in [4.78, 5) is 12.1. The standard InChI is InChI=1S/C17H21NO3/c1-11(2)21-15-7-5-14(6-8-15)12(3)18-17(19)16-9-10-20-13(16)4/h5-12H,1-4H3,(H,18,19). The van der Waals surface area contributed by atoms with Gasteiger partial charge in [-0.2, -0.15) is 0 Å². The summed E-state index contributed by atoms with van der Waals surface area (Å²) in [6, 6.07) is 9.36. The summed E-state index contributed by atoms with van der Waals surface area (Å²) in [5, 5.41) is 2.96. The van der Waals surface area contributed by atoms with E-state index in [2.05, 4.69) is 5.32 Å². The number of carbonyl (C=O) groups is 1. The van der Waals surface area contributed by atoms with E-state index in [1.54, 1.807) is 13.0 Å². The zero-order chi connectivity index (χ0) is 15.4. The maximum Gasteiger partial charge on any atom is 0.255 e. The summed E-state index contributed by atoms with van der Waals surface area (Å²) in [6.07, 6.45) is 1.67. The normalized spacial score (nSPS) is 12.2. The molecule has 4 nitrogen and oxygen atoms in total. The minimum Gasteiger partial charge on any atom is -0.491 e. The predicted molar refractivity (Wildman–Crippen MR) is 81.5 cm³/mol. The Hall–Kier alpha value is -2.23. The van der Waals surface area contributed by atoms with Gasteiger partial charge in [-0.3, -0.25) is 4.79 Å². The summed E-state index contributed by atoms with van der Waals surface area (Å²) in [5.41, 5.74) is 1.60. The van der Waals surface area contributed by atoms with Gasteiger partial charge in [0.1, 0.15) is 11.5 Å². The Bertz CT molecular complexity index is 599. The molecule has 0 saturated heterocycles. The fourth-order valence-electron chi connectivity index (χ4n) is 2.09. The second-order valence-corrected chi connectivity index (χ2v) is 5.32. The minimum atomic E-state index is -0.128. The molecular weight excluding hydrogens is 266 g/mol. The lowest BCUT2D eigenvalue weighted by atomic mass is 10.1. The highest BCUT2D eigenvalue weighted by Crippen LogP contribution is 2.19. The summed E-state index contributed by atoms with van der Waals surface area (Å²) in [6.45, 7) is 7.71. The predicted octanol–water partition coefficient (Wildman–Crippen LogP) is 3.87. The molecule has 1 aromatic carbocycles. The van der Waals surface area contributed by atoms with Crippen molar-refractivity contribution in [3.8, 4) is 5.75 Å². The van der Waals surface area contributed by atoms with Crippen LogP contribution in [-0.2, 0) is 0 Å². The maximum absolute atomic E-state index is 12.1. The van der Waals surface area contributed by atoms with Crippen molar-refractivity contribution in [1.82, 2.24) is 5.32 Å². The third kappa shape index (κ3) is 3.88. The van der Waals surface area contributed by atoms with Crippen molar-refractivity contribution in [1.29, 1.82) is 0 Å². The zero-order valence-electron chi connectivity index (χ0n) is 12.8. The van der Waals surface area contributed by atoms with Gasteiger partial charge in [-0.05, 0) is 51.5 Å². The fraction of sp³-hybridized carbons (Fsp3) is 0.353. The summed E-state index contributed by atoms with van der Waals surface area (Å²) in [7, 11) is 0. The molecule has 0 saturated carbocycles. The molecule has 0 bridgehead atoms. The first-order valence-electron chi connectivity index (χ1n) is 7.09. The molecule has 0 aliphatic rings. The molecule has 112 valence electrons. The summed E-state index contributed by atoms with van der Waals surface area (Å²) >= 11 is 0. The second-order valence-electron chi connectivity index (χ2n) is 5.32. The van der Waals surface area contributed by atoms with Crippen molar-refractivity contribution in [3.63, 3.8) is 0 Å². The average Bonchev–Trinajstić information content (AvgIpc) is 2.85. The van der Waals surface area contributed by atoms with Crippen LogP contribution < -0.4 is 10.1 Å². The molecule has 21 heavy (non-hydrogen) atoms. The first-order valence-corrected chi connectivity index (χ1v) is 7.09. The van der Waals surface area contributed by atoms with Crippen LogP contribution in [0.3, 0.4) is 0 Å². The Balaban J connectivity index is 2.01. The molecule has 1 atom stereocenters. The number of nitrogens with one attached hydrogen (secondary N) is 1. The maximum atomic E-state index is 12.1. The molecule has 4 heteroatoms. The van der Waals surface area contributed by atoms with Crippen molar-refractivity contribution in [2.24, 2.45) is 0 Å². The summed E-state index contributed by atoms with van der Waals surface area (Å²) < 4.78 is 10.8.